The van der Waals surface area contributed by atoms with Crippen LogP contribution in [0, 0.1) is 10.7 Å². The van der Waals surface area contributed by atoms with Gasteiger partial charge >= 0.3 is 0 Å². The minimum absolute atomic E-state index is 0.240. The van der Waals surface area contributed by atoms with E-state index in [1.807, 2.05) is 24.1 Å². The summed E-state index contributed by atoms with van der Waals surface area (Å²) >= 11 is 5.21. The Kier molecular flexibility index (Phi) is 4.59. The monoisotopic (exact) mass is 330 g/mol. The van der Waals surface area contributed by atoms with Gasteiger partial charge in [0.2, 0.25) is 5.89 Å². The van der Waals surface area contributed by atoms with E-state index < -0.39 is 0 Å². The second-order valence-corrected chi connectivity index (χ2v) is 5.55. The van der Waals surface area contributed by atoms with Crippen molar-refractivity contribution < 1.29 is 8.81 Å². The van der Waals surface area contributed by atoms with E-state index in [0.717, 1.165) is 11.1 Å². The molecule has 0 saturated carbocycles. The van der Waals surface area contributed by atoms with Crippen LogP contribution in [0.3, 0.4) is 0 Å². The van der Waals surface area contributed by atoms with E-state index in [2.05, 4.69) is 10.1 Å². The third kappa shape index (κ3) is 3.88. The Hall–Kier alpha value is -2.38. The van der Waals surface area contributed by atoms with Gasteiger partial charge < -0.3 is 4.42 Å². The van der Waals surface area contributed by atoms with Crippen molar-refractivity contribution in [1.82, 2.24) is 19.7 Å². The van der Waals surface area contributed by atoms with Gasteiger partial charge in [-0.3, -0.25) is 9.88 Å². The van der Waals surface area contributed by atoms with Gasteiger partial charge in [-0.25, -0.2) is 9.07 Å². The van der Waals surface area contributed by atoms with Gasteiger partial charge in [0.05, 0.1) is 12.2 Å². The Morgan fingerprint density at radius 2 is 2.04 bits per heavy atom. The minimum atomic E-state index is -0.240. The molecule has 3 rings (SSSR count). The second kappa shape index (κ2) is 6.80. The zero-order valence-corrected chi connectivity index (χ0v) is 13.3. The third-order valence-corrected chi connectivity index (χ3v) is 3.55. The summed E-state index contributed by atoms with van der Waals surface area (Å²) in [6.07, 6.45) is 3.36. The molecule has 0 unspecified atom stereocenters. The van der Waals surface area contributed by atoms with Crippen molar-refractivity contribution >= 4 is 12.2 Å². The lowest BCUT2D eigenvalue weighted by molar-refractivity contribution is 0.240. The molecule has 2 aromatic heterocycles. The summed E-state index contributed by atoms with van der Waals surface area (Å²) in [5, 5.41) is 4.38. The van der Waals surface area contributed by atoms with E-state index in [-0.39, 0.29) is 5.82 Å². The van der Waals surface area contributed by atoms with Crippen molar-refractivity contribution in [3.05, 3.63) is 65.0 Å². The average Bonchev–Trinajstić information content (AvgIpc) is 2.91. The standard InChI is InChI=1S/C16H15FN4OS/c1-20(10-12-4-6-14(17)7-5-12)11-21-16(23)22-15(19-21)13-3-2-8-18-9-13/h2-9H,10-11H2,1H3. The summed E-state index contributed by atoms with van der Waals surface area (Å²) in [5.41, 5.74) is 1.79. The topological polar surface area (TPSA) is 47.1 Å². The van der Waals surface area contributed by atoms with Crippen LogP contribution >= 0.6 is 12.2 Å². The maximum Gasteiger partial charge on any atom is 0.288 e. The van der Waals surface area contributed by atoms with Gasteiger partial charge in [-0.1, -0.05) is 12.1 Å². The van der Waals surface area contributed by atoms with Gasteiger partial charge in [-0.2, -0.15) is 0 Å². The van der Waals surface area contributed by atoms with Crippen molar-refractivity contribution in [3.63, 3.8) is 0 Å². The fourth-order valence-corrected chi connectivity index (χ4v) is 2.36. The molecule has 0 amide bonds. The number of aromatic nitrogens is 3. The summed E-state index contributed by atoms with van der Waals surface area (Å²) in [5.74, 6) is 0.203. The highest BCUT2D eigenvalue weighted by Crippen LogP contribution is 2.16. The quantitative estimate of drug-likeness (QED) is 0.670. The molecule has 118 valence electrons. The molecule has 0 spiro atoms. The van der Waals surface area contributed by atoms with Crippen molar-refractivity contribution in [1.29, 1.82) is 0 Å². The molecule has 0 aliphatic carbocycles. The first-order chi connectivity index (χ1) is 11.1. The number of nitrogens with zero attached hydrogens (tertiary/aromatic N) is 4. The summed E-state index contributed by atoms with van der Waals surface area (Å²) in [6.45, 7) is 1.12. The predicted octanol–water partition coefficient (Wildman–Crippen LogP) is 3.50. The van der Waals surface area contributed by atoms with Crippen LogP contribution in [0.25, 0.3) is 11.5 Å². The van der Waals surface area contributed by atoms with Gasteiger partial charge in [0.25, 0.3) is 4.84 Å². The van der Waals surface area contributed by atoms with Gasteiger partial charge in [0, 0.05) is 18.9 Å². The first kappa shape index (κ1) is 15.5. The lowest BCUT2D eigenvalue weighted by atomic mass is 10.2. The number of hydrogen-bond acceptors (Lipinski definition) is 5. The van der Waals surface area contributed by atoms with Crippen LogP contribution in [0.1, 0.15) is 5.56 Å². The lowest BCUT2D eigenvalue weighted by Gasteiger charge is -2.15. The molecular formula is C16H15FN4OS. The Labute approximate surface area is 138 Å². The maximum atomic E-state index is 12.9. The first-order valence-electron chi connectivity index (χ1n) is 7.03. The smallest absolute Gasteiger partial charge is 0.288 e. The molecule has 0 aliphatic heterocycles. The third-order valence-electron chi connectivity index (χ3n) is 3.26. The molecule has 0 saturated heterocycles. The SMILES string of the molecule is CN(Cc1ccc(F)cc1)Cn1nc(-c2cccnc2)oc1=S. The fraction of sp³-hybridized carbons (Fsp3) is 0.188. The molecule has 0 aliphatic rings. The molecule has 2 heterocycles. The molecule has 23 heavy (non-hydrogen) atoms. The van der Waals surface area contributed by atoms with Crippen LogP contribution in [0.4, 0.5) is 4.39 Å². The number of pyridine rings is 1. The zero-order chi connectivity index (χ0) is 16.2. The van der Waals surface area contributed by atoms with E-state index in [1.54, 1.807) is 29.2 Å². The molecule has 0 radical (unpaired) electrons. The van der Waals surface area contributed by atoms with Gasteiger partial charge in [-0.15, -0.1) is 5.10 Å². The Bertz CT molecular complexity index is 829. The number of hydrogen-bond donors (Lipinski definition) is 0. The number of rotatable bonds is 5. The molecule has 7 heteroatoms. The first-order valence-corrected chi connectivity index (χ1v) is 7.44. The molecular weight excluding hydrogens is 315 g/mol. The molecule has 0 N–H and O–H groups in total. The highest BCUT2D eigenvalue weighted by Gasteiger charge is 2.10. The zero-order valence-electron chi connectivity index (χ0n) is 12.5. The van der Waals surface area contributed by atoms with Crippen LogP contribution in [-0.4, -0.2) is 26.7 Å². The summed E-state index contributed by atoms with van der Waals surface area (Å²) < 4.78 is 20.1. The normalized spacial score (nSPS) is 11.1. The molecule has 1 aromatic carbocycles. The largest absolute Gasteiger partial charge is 0.409 e. The van der Waals surface area contributed by atoms with Crippen LogP contribution < -0.4 is 0 Å². The summed E-state index contributed by atoms with van der Waals surface area (Å²) in [6, 6.07) is 10.1. The Morgan fingerprint density at radius 1 is 1.26 bits per heavy atom. The van der Waals surface area contributed by atoms with E-state index in [1.165, 1.54) is 12.1 Å². The van der Waals surface area contributed by atoms with E-state index in [9.17, 15) is 4.39 Å². The Balaban J connectivity index is 1.71. The van der Waals surface area contributed by atoms with E-state index >= 15 is 0 Å². The molecule has 3 aromatic rings. The second-order valence-electron chi connectivity index (χ2n) is 5.20. The van der Waals surface area contributed by atoms with Crippen LogP contribution in [0.15, 0.2) is 53.2 Å². The highest BCUT2D eigenvalue weighted by atomic mass is 32.1. The van der Waals surface area contributed by atoms with Crippen LogP contribution in [0.2, 0.25) is 0 Å². The highest BCUT2D eigenvalue weighted by molar-refractivity contribution is 7.71. The number of halogens is 1. The van der Waals surface area contributed by atoms with Crippen LogP contribution in [-0.2, 0) is 13.2 Å². The van der Waals surface area contributed by atoms with Crippen molar-refractivity contribution in [2.45, 2.75) is 13.2 Å². The van der Waals surface area contributed by atoms with Crippen molar-refractivity contribution in [3.8, 4) is 11.5 Å². The summed E-state index contributed by atoms with van der Waals surface area (Å²) in [4.78, 5) is 6.35. The molecule has 5 nitrogen and oxygen atoms in total. The summed E-state index contributed by atoms with van der Waals surface area (Å²) in [7, 11) is 1.93. The molecule has 0 fully saturated rings. The molecule has 0 atom stereocenters. The Morgan fingerprint density at radius 3 is 2.74 bits per heavy atom. The van der Waals surface area contributed by atoms with Crippen LogP contribution in [0.5, 0.6) is 0 Å². The van der Waals surface area contributed by atoms with E-state index in [4.69, 9.17) is 16.6 Å². The average molecular weight is 330 g/mol. The lowest BCUT2D eigenvalue weighted by Crippen LogP contribution is -2.22. The van der Waals surface area contributed by atoms with Gasteiger partial charge in [0.1, 0.15) is 5.82 Å². The predicted molar refractivity (Wildman–Crippen MR) is 86.4 cm³/mol. The fourth-order valence-electron chi connectivity index (χ4n) is 2.18. The van der Waals surface area contributed by atoms with Crippen molar-refractivity contribution in [2.24, 2.45) is 0 Å². The molecule has 0 bridgehead atoms. The number of benzene rings is 1. The van der Waals surface area contributed by atoms with Crippen molar-refractivity contribution in [2.75, 3.05) is 7.05 Å². The maximum absolute atomic E-state index is 12.9. The van der Waals surface area contributed by atoms with E-state index in [0.29, 0.717) is 23.9 Å². The van der Waals surface area contributed by atoms with Gasteiger partial charge in [-0.05, 0) is 49.1 Å². The van der Waals surface area contributed by atoms with Gasteiger partial charge in [0.15, 0.2) is 0 Å². The minimum Gasteiger partial charge on any atom is -0.409 e.